The van der Waals surface area contributed by atoms with Gasteiger partial charge in [0.1, 0.15) is 0 Å². The van der Waals surface area contributed by atoms with E-state index in [4.69, 9.17) is 5.11 Å². The minimum atomic E-state index is -1.33. The number of hydrogen-bond acceptors (Lipinski definition) is 5. The number of carbonyl (C=O) groups is 2. The number of imidazole rings is 1. The molecule has 0 aliphatic heterocycles. The van der Waals surface area contributed by atoms with Crippen molar-refractivity contribution < 1.29 is 19.8 Å². The third kappa shape index (κ3) is 3.49. The summed E-state index contributed by atoms with van der Waals surface area (Å²) in [6.45, 7) is 0. The SMILES string of the molecule is O=C(CSc1nc2ccccc2[nH]1)Nc1ccc([O-])c(C(=O)O)c1. The largest absolute Gasteiger partial charge is 0.872 e. The number of amides is 1. The lowest BCUT2D eigenvalue weighted by Crippen LogP contribution is -2.15. The maximum atomic E-state index is 12.0. The normalized spacial score (nSPS) is 10.7. The number of nitrogens with zero attached hydrogens (tertiary/aromatic N) is 1. The number of aromatic amines is 1. The molecule has 0 unspecified atom stereocenters. The van der Waals surface area contributed by atoms with Crippen LogP contribution in [-0.2, 0) is 4.79 Å². The van der Waals surface area contributed by atoms with Crippen molar-refractivity contribution >= 4 is 40.4 Å². The number of nitrogens with one attached hydrogen (secondary N) is 2. The number of para-hydroxylation sites is 2. The molecule has 0 saturated heterocycles. The molecule has 7 nitrogen and oxygen atoms in total. The number of anilines is 1. The van der Waals surface area contributed by atoms with Crippen molar-refractivity contribution in [1.29, 1.82) is 0 Å². The first-order chi connectivity index (χ1) is 11.5. The molecule has 0 aliphatic carbocycles. The molecule has 0 radical (unpaired) electrons. The van der Waals surface area contributed by atoms with E-state index in [-0.39, 0.29) is 22.9 Å². The van der Waals surface area contributed by atoms with E-state index in [9.17, 15) is 14.7 Å². The monoisotopic (exact) mass is 342 g/mol. The topological polar surface area (TPSA) is 118 Å². The number of aromatic carboxylic acids is 1. The average Bonchev–Trinajstić information content (AvgIpc) is 2.97. The Kier molecular flexibility index (Phi) is 4.39. The molecule has 3 N–H and O–H groups in total. The predicted octanol–water partition coefficient (Wildman–Crippen LogP) is 2.07. The van der Waals surface area contributed by atoms with E-state index in [2.05, 4.69) is 15.3 Å². The van der Waals surface area contributed by atoms with Gasteiger partial charge in [-0.15, -0.1) is 0 Å². The summed E-state index contributed by atoms with van der Waals surface area (Å²) in [4.78, 5) is 30.3. The molecule has 0 fully saturated rings. The standard InChI is InChI=1S/C16H13N3O4S/c20-13-6-5-9(7-10(13)15(22)23)17-14(21)8-24-16-18-11-3-1-2-4-12(11)19-16/h1-7,20H,8H2,(H,17,21)(H,18,19)(H,22,23)/p-1. The van der Waals surface area contributed by atoms with Crippen LogP contribution in [0.15, 0.2) is 47.6 Å². The van der Waals surface area contributed by atoms with E-state index in [0.717, 1.165) is 23.2 Å². The number of thioether (sulfide) groups is 1. The Balaban J connectivity index is 1.63. The fraction of sp³-hybridized carbons (Fsp3) is 0.0625. The van der Waals surface area contributed by atoms with Gasteiger partial charge in [-0.3, -0.25) is 4.79 Å². The summed E-state index contributed by atoms with van der Waals surface area (Å²) in [5.41, 5.74) is 1.59. The van der Waals surface area contributed by atoms with Crippen molar-refractivity contribution in [3.63, 3.8) is 0 Å². The van der Waals surface area contributed by atoms with Crippen LogP contribution in [0.2, 0.25) is 0 Å². The fourth-order valence-electron chi connectivity index (χ4n) is 2.10. The highest BCUT2D eigenvalue weighted by atomic mass is 32.2. The van der Waals surface area contributed by atoms with E-state index in [1.807, 2.05) is 24.3 Å². The number of aromatic nitrogens is 2. The number of carboxylic acids is 1. The molecule has 3 aromatic rings. The molecule has 1 heterocycles. The first-order valence-corrected chi connectivity index (χ1v) is 7.93. The first kappa shape index (κ1) is 15.9. The summed E-state index contributed by atoms with van der Waals surface area (Å²) in [6.07, 6.45) is 0. The van der Waals surface area contributed by atoms with Gasteiger partial charge in [0.05, 0.1) is 22.3 Å². The average molecular weight is 342 g/mol. The Morgan fingerprint density at radius 3 is 2.79 bits per heavy atom. The van der Waals surface area contributed by atoms with Crippen molar-refractivity contribution in [2.24, 2.45) is 0 Å². The van der Waals surface area contributed by atoms with Crippen LogP contribution in [-0.4, -0.2) is 32.7 Å². The van der Waals surface area contributed by atoms with Crippen molar-refractivity contribution in [2.75, 3.05) is 11.1 Å². The minimum Gasteiger partial charge on any atom is -0.872 e. The highest BCUT2D eigenvalue weighted by Gasteiger charge is 2.09. The molecule has 8 heteroatoms. The third-order valence-corrected chi connectivity index (χ3v) is 4.07. The summed E-state index contributed by atoms with van der Waals surface area (Å²) >= 11 is 1.23. The lowest BCUT2D eigenvalue weighted by Gasteiger charge is -2.12. The Bertz CT molecular complexity index is 890. The number of rotatable bonds is 5. The number of benzene rings is 2. The van der Waals surface area contributed by atoms with Crippen LogP contribution in [0.5, 0.6) is 5.75 Å². The van der Waals surface area contributed by atoms with Crippen LogP contribution in [0.4, 0.5) is 5.69 Å². The van der Waals surface area contributed by atoms with Gasteiger partial charge in [-0.1, -0.05) is 35.7 Å². The first-order valence-electron chi connectivity index (χ1n) is 6.94. The Hall–Kier alpha value is -3.00. The van der Waals surface area contributed by atoms with Gasteiger partial charge >= 0.3 is 5.97 Å². The van der Waals surface area contributed by atoms with Crippen molar-refractivity contribution in [1.82, 2.24) is 9.97 Å². The van der Waals surface area contributed by atoms with Gasteiger partial charge in [-0.25, -0.2) is 9.78 Å². The zero-order valence-electron chi connectivity index (χ0n) is 12.3. The maximum absolute atomic E-state index is 12.0. The molecular weight excluding hydrogens is 330 g/mol. The van der Waals surface area contributed by atoms with Gasteiger partial charge in [-0.2, -0.15) is 0 Å². The van der Waals surface area contributed by atoms with Crippen LogP contribution >= 0.6 is 11.8 Å². The van der Waals surface area contributed by atoms with Gasteiger partial charge in [0.25, 0.3) is 0 Å². The summed E-state index contributed by atoms with van der Waals surface area (Å²) in [5, 5.41) is 23.5. The summed E-state index contributed by atoms with van der Waals surface area (Å²) in [5.74, 6) is -2.15. The summed E-state index contributed by atoms with van der Waals surface area (Å²) in [7, 11) is 0. The zero-order valence-corrected chi connectivity index (χ0v) is 13.1. The van der Waals surface area contributed by atoms with Crippen LogP contribution in [0.1, 0.15) is 10.4 Å². The fourth-order valence-corrected chi connectivity index (χ4v) is 2.79. The van der Waals surface area contributed by atoms with Crippen molar-refractivity contribution in [3.05, 3.63) is 48.0 Å². The molecule has 3 rings (SSSR count). The predicted molar refractivity (Wildman–Crippen MR) is 88.3 cm³/mol. The number of hydrogen-bond donors (Lipinski definition) is 3. The second kappa shape index (κ2) is 6.63. The molecule has 0 bridgehead atoms. The molecule has 0 aliphatic rings. The molecule has 0 atom stereocenters. The highest BCUT2D eigenvalue weighted by molar-refractivity contribution is 7.99. The van der Waals surface area contributed by atoms with Crippen molar-refractivity contribution in [3.8, 4) is 5.75 Å². The molecule has 0 spiro atoms. The van der Waals surface area contributed by atoms with E-state index < -0.39 is 11.7 Å². The maximum Gasteiger partial charge on any atom is 0.335 e. The molecule has 1 aromatic heterocycles. The second-order valence-electron chi connectivity index (χ2n) is 4.91. The van der Waals surface area contributed by atoms with Gasteiger partial charge in [0.2, 0.25) is 5.91 Å². The smallest absolute Gasteiger partial charge is 0.335 e. The summed E-state index contributed by atoms with van der Waals surface area (Å²) < 4.78 is 0. The minimum absolute atomic E-state index is 0.0986. The van der Waals surface area contributed by atoms with E-state index in [1.54, 1.807) is 0 Å². The van der Waals surface area contributed by atoms with Crippen LogP contribution in [0.25, 0.3) is 11.0 Å². The molecule has 2 aromatic carbocycles. The second-order valence-corrected chi connectivity index (χ2v) is 5.88. The van der Waals surface area contributed by atoms with E-state index in [1.165, 1.54) is 17.8 Å². The molecule has 24 heavy (non-hydrogen) atoms. The number of carbonyl (C=O) groups excluding carboxylic acids is 1. The van der Waals surface area contributed by atoms with E-state index >= 15 is 0 Å². The quantitative estimate of drug-likeness (QED) is 0.611. The van der Waals surface area contributed by atoms with E-state index in [0.29, 0.717) is 5.16 Å². The Morgan fingerprint density at radius 1 is 1.25 bits per heavy atom. The number of fused-ring (bicyclic) bond motifs is 1. The number of carboxylic acid groups (broad SMARTS) is 1. The molecule has 1 amide bonds. The number of H-pyrrole nitrogens is 1. The van der Waals surface area contributed by atoms with Crippen LogP contribution < -0.4 is 10.4 Å². The molecular formula is C16H12N3O4S-. The lowest BCUT2D eigenvalue weighted by molar-refractivity contribution is -0.268. The van der Waals surface area contributed by atoms with Gasteiger partial charge in [0, 0.05) is 5.69 Å². The van der Waals surface area contributed by atoms with Gasteiger partial charge in [0.15, 0.2) is 5.16 Å². The summed E-state index contributed by atoms with van der Waals surface area (Å²) in [6, 6.07) is 11.2. The van der Waals surface area contributed by atoms with Gasteiger partial charge < -0.3 is 20.5 Å². The molecule has 0 saturated carbocycles. The van der Waals surface area contributed by atoms with Crippen molar-refractivity contribution in [2.45, 2.75) is 5.16 Å². The Labute approximate surface area is 140 Å². The third-order valence-electron chi connectivity index (χ3n) is 3.20. The van der Waals surface area contributed by atoms with Crippen LogP contribution in [0, 0.1) is 0 Å². The van der Waals surface area contributed by atoms with Gasteiger partial charge in [-0.05, 0) is 24.3 Å². The van der Waals surface area contributed by atoms with Crippen LogP contribution in [0.3, 0.4) is 0 Å². The highest BCUT2D eigenvalue weighted by Crippen LogP contribution is 2.21. The Morgan fingerprint density at radius 2 is 2.04 bits per heavy atom. The lowest BCUT2D eigenvalue weighted by atomic mass is 10.2. The molecule has 122 valence electrons. The zero-order chi connectivity index (χ0) is 17.1.